The second kappa shape index (κ2) is 8.52. The molecule has 2 aromatic carbocycles. The smallest absolute Gasteiger partial charge is 0.189 e. The third-order valence-electron chi connectivity index (χ3n) is 3.12. The number of methoxy groups -OCH3 is 1. The molecule has 114 valence electrons. The van der Waals surface area contributed by atoms with E-state index in [-0.39, 0.29) is 0 Å². The van der Waals surface area contributed by atoms with E-state index in [4.69, 9.17) is 10.5 Å². The number of hydrogen-bond acceptors (Lipinski definition) is 2. The Bertz CT molecular complexity index is 636. The molecular weight excluding hydrogens is 274 g/mol. The highest BCUT2D eigenvalue weighted by Crippen LogP contribution is 2.17. The lowest BCUT2D eigenvalue weighted by atomic mass is 10.2. The molecule has 2 rings (SSSR count). The van der Waals surface area contributed by atoms with Gasteiger partial charge in [0.2, 0.25) is 0 Å². The molecule has 0 heterocycles. The van der Waals surface area contributed by atoms with E-state index in [1.807, 2.05) is 54.6 Å². The molecule has 0 bridgehead atoms. The minimum Gasteiger partial charge on any atom is -0.496 e. The Kier molecular flexibility index (Phi) is 6.05. The Morgan fingerprint density at radius 3 is 2.64 bits per heavy atom. The number of para-hydroxylation sites is 1. The van der Waals surface area contributed by atoms with Crippen LogP contribution in [0.1, 0.15) is 11.1 Å². The van der Waals surface area contributed by atoms with Gasteiger partial charge in [-0.1, -0.05) is 60.7 Å². The van der Waals surface area contributed by atoms with Crippen LogP contribution in [0.25, 0.3) is 6.08 Å². The summed E-state index contributed by atoms with van der Waals surface area (Å²) in [7, 11) is 1.65. The summed E-state index contributed by atoms with van der Waals surface area (Å²) in [4.78, 5) is 4.32. The average molecular weight is 295 g/mol. The first-order chi connectivity index (χ1) is 10.8. The summed E-state index contributed by atoms with van der Waals surface area (Å²) in [6, 6.07) is 17.9. The van der Waals surface area contributed by atoms with Crippen LogP contribution in [-0.2, 0) is 6.54 Å². The molecule has 3 N–H and O–H groups in total. The van der Waals surface area contributed by atoms with Crippen LogP contribution in [0.15, 0.2) is 65.7 Å². The minimum atomic E-state index is 0.420. The first-order valence-corrected chi connectivity index (χ1v) is 7.17. The highest BCUT2D eigenvalue weighted by atomic mass is 16.5. The molecule has 0 atom stereocenters. The summed E-state index contributed by atoms with van der Waals surface area (Å²) in [6.07, 6.45) is 4.06. The fraction of sp³-hybridized carbons (Fsp3) is 0.167. The van der Waals surface area contributed by atoms with Crippen molar-refractivity contribution in [1.29, 1.82) is 0 Å². The van der Waals surface area contributed by atoms with Crippen LogP contribution in [-0.4, -0.2) is 19.6 Å². The first-order valence-electron chi connectivity index (χ1n) is 7.17. The van der Waals surface area contributed by atoms with Crippen LogP contribution in [0.3, 0.4) is 0 Å². The molecule has 0 unspecified atom stereocenters. The number of guanidine groups is 1. The largest absolute Gasteiger partial charge is 0.496 e. The van der Waals surface area contributed by atoms with Gasteiger partial charge in [-0.25, -0.2) is 4.99 Å². The van der Waals surface area contributed by atoms with Gasteiger partial charge in [0.15, 0.2) is 5.96 Å². The summed E-state index contributed by atoms with van der Waals surface area (Å²) in [5, 5.41) is 3.06. The molecule has 2 aromatic rings. The van der Waals surface area contributed by atoms with Crippen molar-refractivity contribution in [1.82, 2.24) is 5.32 Å². The van der Waals surface area contributed by atoms with Gasteiger partial charge in [0.1, 0.15) is 5.75 Å². The van der Waals surface area contributed by atoms with Crippen molar-refractivity contribution in [3.05, 3.63) is 71.8 Å². The predicted molar refractivity (Wildman–Crippen MR) is 91.8 cm³/mol. The van der Waals surface area contributed by atoms with Crippen LogP contribution in [0.5, 0.6) is 5.75 Å². The van der Waals surface area contributed by atoms with Gasteiger partial charge in [-0.3, -0.25) is 0 Å². The van der Waals surface area contributed by atoms with Crippen LogP contribution < -0.4 is 15.8 Å². The van der Waals surface area contributed by atoms with Gasteiger partial charge < -0.3 is 15.8 Å². The molecule has 0 aliphatic carbocycles. The minimum absolute atomic E-state index is 0.420. The van der Waals surface area contributed by atoms with E-state index in [1.165, 1.54) is 0 Å². The van der Waals surface area contributed by atoms with Gasteiger partial charge in [-0.05, 0) is 11.6 Å². The van der Waals surface area contributed by atoms with E-state index in [0.29, 0.717) is 19.0 Å². The number of rotatable bonds is 6. The van der Waals surface area contributed by atoms with Gasteiger partial charge in [0.05, 0.1) is 13.7 Å². The van der Waals surface area contributed by atoms with Crippen LogP contribution in [0, 0.1) is 0 Å². The summed E-state index contributed by atoms with van der Waals surface area (Å²) in [5.41, 5.74) is 8.03. The molecule has 0 aromatic heterocycles. The first kappa shape index (κ1) is 15.6. The Morgan fingerprint density at radius 1 is 1.14 bits per heavy atom. The van der Waals surface area contributed by atoms with E-state index in [2.05, 4.69) is 22.4 Å². The van der Waals surface area contributed by atoms with Gasteiger partial charge in [-0.2, -0.15) is 0 Å². The molecule has 4 heteroatoms. The maximum Gasteiger partial charge on any atom is 0.189 e. The number of benzene rings is 2. The molecular formula is C18H21N3O. The quantitative estimate of drug-likeness (QED) is 0.636. The lowest BCUT2D eigenvalue weighted by Gasteiger charge is -2.06. The SMILES string of the molecule is COc1ccccc1CN=C(N)NC/C=C/c1ccccc1. The lowest BCUT2D eigenvalue weighted by molar-refractivity contribution is 0.410. The van der Waals surface area contributed by atoms with Crippen molar-refractivity contribution >= 4 is 12.0 Å². The topological polar surface area (TPSA) is 59.6 Å². The van der Waals surface area contributed by atoms with Gasteiger partial charge in [0.25, 0.3) is 0 Å². The Balaban J connectivity index is 1.82. The summed E-state index contributed by atoms with van der Waals surface area (Å²) >= 11 is 0. The maximum atomic E-state index is 5.86. The average Bonchev–Trinajstić information content (AvgIpc) is 2.58. The highest BCUT2D eigenvalue weighted by Gasteiger charge is 2.00. The maximum absolute atomic E-state index is 5.86. The zero-order valence-corrected chi connectivity index (χ0v) is 12.7. The Morgan fingerprint density at radius 2 is 1.86 bits per heavy atom. The lowest BCUT2D eigenvalue weighted by Crippen LogP contribution is -2.31. The van der Waals surface area contributed by atoms with Crippen molar-refractivity contribution in [2.45, 2.75) is 6.54 Å². The van der Waals surface area contributed by atoms with Crippen molar-refractivity contribution < 1.29 is 4.74 Å². The third-order valence-corrected chi connectivity index (χ3v) is 3.12. The van der Waals surface area contributed by atoms with Crippen molar-refractivity contribution in [3.63, 3.8) is 0 Å². The third kappa shape index (κ3) is 4.98. The second-order valence-corrected chi connectivity index (χ2v) is 4.71. The molecule has 0 radical (unpaired) electrons. The number of nitrogens with zero attached hydrogens (tertiary/aromatic N) is 1. The Hall–Kier alpha value is -2.75. The molecule has 4 nitrogen and oxygen atoms in total. The second-order valence-electron chi connectivity index (χ2n) is 4.71. The zero-order chi connectivity index (χ0) is 15.6. The zero-order valence-electron chi connectivity index (χ0n) is 12.7. The Labute approximate surface area is 131 Å². The molecule has 0 spiro atoms. The number of nitrogens with two attached hydrogens (primary N) is 1. The van der Waals surface area contributed by atoms with E-state index < -0.39 is 0 Å². The summed E-state index contributed by atoms with van der Waals surface area (Å²) in [5.74, 6) is 1.24. The van der Waals surface area contributed by atoms with Gasteiger partial charge >= 0.3 is 0 Å². The van der Waals surface area contributed by atoms with E-state index in [0.717, 1.165) is 16.9 Å². The van der Waals surface area contributed by atoms with Gasteiger partial charge in [-0.15, -0.1) is 0 Å². The van der Waals surface area contributed by atoms with E-state index in [9.17, 15) is 0 Å². The van der Waals surface area contributed by atoms with Crippen molar-refractivity contribution in [2.75, 3.05) is 13.7 Å². The van der Waals surface area contributed by atoms with Crippen molar-refractivity contribution in [3.8, 4) is 5.75 Å². The fourth-order valence-electron chi connectivity index (χ4n) is 1.98. The number of aliphatic imine (C=N–C) groups is 1. The van der Waals surface area contributed by atoms with E-state index in [1.54, 1.807) is 7.11 Å². The number of hydrogen-bond donors (Lipinski definition) is 2. The molecule has 0 aliphatic heterocycles. The summed E-state index contributed by atoms with van der Waals surface area (Å²) in [6.45, 7) is 1.13. The van der Waals surface area contributed by atoms with Crippen molar-refractivity contribution in [2.24, 2.45) is 10.7 Å². The highest BCUT2D eigenvalue weighted by molar-refractivity contribution is 5.78. The van der Waals surface area contributed by atoms with E-state index >= 15 is 0 Å². The molecule has 0 amide bonds. The number of ether oxygens (including phenoxy) is 1. The monoisotopic (exact) mass is 295 g/mol. The van der Waals surface area contributed by atoms with Crippen LogP contribution >= 0.6 is 0 Å². The van der Waals surface area contributed by atoms with Crippen LogP contribution in [0.4, 0.5) is 0 Å². The molecule has 0 saturated heterocycles. The fourth-order valence-corrected chi connectivity index (χ4v) is 1.98. The summed E-state index contributed by atoms with van der Waals surface area (Å²) < 4.78 is 5.28. The normalized spacial score (nSPS) is 11.6. The predicted octanol–water partition coefficient (Wildman–Crippen LogP) is 2.81. The standard InChI is InChI=1S/C18H21N3O/c1-22-17-12-6-5-11-16(17)14-21-18(19)20-13-7-10-15-8-3-2-4-9-15/h2-12H,13-14H2,1H3,(H3,19,20,21)/b10-7+. The molecule has 0 saturated carbocycles. The van der Waals surface area contributed by atoms with Gasteiger partial charge in [0, 0.05) is 12.1 Å². The van der Waals surface area contributed by atoms with Crippen LogP contribution in [0.2, 0.25) is 0 Å². The molecule has 0 fully saturated rings. The number of nitrogens with one attached hydrogen (secondary N) is 1. The molecule has 0 aliphatic rings. The molecule has 22 heavy (non-hydrogen) atoms.